The molecule has 15 heteroatoms. The first-order valence-corrected chi connectivity index (χ1v) is 15.8. The Labute approximate surface area is 271 Å². The van der Waals surface area contributed by atoms with Crippen molar-refractivity contribution < 1.29 is 58.0 Å². The number of ether oxygens (including phenoxy) is 2. The lowest BCUT2D eigenvalue weighted by molar-refractivity contribution is -0.757. The van der Waals surface area contributed by atoms with E-state index in [0.717, 1.165) is 6.92 Å². The zero-order valence-electron chi connectivity index (χ0n) is 27.0. The summed E-state index contributed by atoms with van der Waals surface area (Å²) < 4.78 is 27.6. The summed E-state index contributed by atoms with van der Waals surface area (Å²) in [7, 11) is 0. The molecule has 0 aromatic rings. The number of amides is 1. The van der Waals surface area contributed by atoms with Crippen molar-refractivity contribution in [3.63, 3.8) is 0 Å². The van der Waals surface area contributed by atoms with E-state index in [2.05, 4.69) is 10.2 Å². The van der Waals surface area contributed by atoms with Crippen molar-refractivity contribution in [2.24, 2.45) is 28.6 Å². The second-order valence-electron chi connectivity index (χ2n) is 13.6. The Bertz CT molecular complexity index is 1380. The summed E-state index contributed by atoms with van der Waals surface area (Å²) in [5, 5.41) is 35.1. The monoisotopic (exact) mass is 666 g/mol. The van der Waals surface area contributed by atoms with Crippen LogP contribution in [0.3, 0.4) is 0 Å². The van der Waals surface area contributed by atoms with Gasteiger partial charge in [0.1, 0.15) is 11.6 Å². The molecule has 260 valence electrons. The van der Waals surface area contributed by atoms with Gasteiger partial charge >= 0.3 is 11.9 Å². The van der Waals surface area contributed by atoms with Gasteiger partial charge in [-0.25, -0.2) is 9.18 Å². The van der Waals surface area contributed by atoms with Crippen LogP contribution in [0.5, 0.6) is 0 Å². The van der Waals surface area contributed by atoms with Crippen molar-refractivity contribution in [3.05, 3.63) is 33.9 Å². The van der Waals surface area contributed by atoms with Gasteiger partial charge in [-0.3, -0.25) is 19.2 Å². The average Bonchev–Trinajstić information content (AvgIpc) is 3.19. The number of alkyl halides is 1. The number of hydrogen-bond donors (Lipinski definition) is 3. The molecule has 0 radical (unpaired) electrons. The lowest BCUT2D eigenvalue weighted by atomic mass is 9.44. The third-order valence-corrected chi connectivity index (χ3v) is 11.0. The van der Waals surface area contributed by atoms with Crippen LogP contribution in [0.2, 0.25) is 0 Å². The largest absolute Gasteiger partial charge is 0.464 e. The van der Waals surface area contributed by atoms with Crippen molar-refractivity contribution >= 4 is 29.4 Å². The Balaban J connectivity index is 1.42. The zero-order valence-corrected chi connectivity index (χ0v) is 27.0. The lowest BCUT2D eigenvalue weighted by Gasteiger charge is -2.62. The molecule has 4 aliphatic carbocycles. The van der Waals surface area contributed by atoms with Gasteiger partial charge in [-0.15, -0.1) is 10.1 Å². The van der Waals surface area contributed by atoms with Gasteiger partial charge in [0.15, 0.2) is 18.1 Å². The van der Waals surface area contributed by atoms with Crippen LogP contribution in [-0.4, -0.2) is 87.9 Å². The summed E-state index contributed by atoms with van der Waals surface area (Å²) in [6, 6.07) is -1.44. The van der Waals surface area contributed by atoms with Crippen molar-refractivity contribution in [1.82, 2.24) is 5.32 Å². The first-order valence-electron chi connectivity index (χ1n) is 15.8. The number of rotatable bonds is 13. The minimum atomic E-state index is -2.14. The maximum atomic E-state index is 17.4. The topological polar surface area (TPSA) is 209 Å². The quantitative estimate of drug-likeness (QED) is 0.111. The molecule has 3 unspecified atom stereocenters. The van der Waals surface area contributed by atoms with E-state index in [1.807, 2.05) is 0 Å². The van der Waals surface area contributed by atoms with Gasteiger partial charge < -0.3 is 29.8 Å². The molecule has 47 heavy (non-hydrogen) atoms. The van der Waals surface area contributed by atoms with E-state index in [0.29, 0.717) is 18.4 Å². The number of unbranched alkanes of at least 4 members (excludes halogenated alkanes) is 1. The summed E-state index contributed by atoms with van der Waals surface area (Å²) in [5.41, 5.74) is -6.11. The van der Waals surface area contributed by atoms with Crippen LogP contribution in [0, 0.1) is 38.7 Å². The van der Waals surface area contributed by atoms with Gasteiger partial charge in [-0.2, -0.15) is 0 Å². The molecule has 9 atom stereocenters. The van der Waals surface area contributed by atoms with Crippen molar-refractivity contribution in [1.29, 1.82) is 0 Å². The first-order chi connectivity index (χ1) is 21.9. The summed E-state index contributed by atoms with van der Waals surface area (Å²) in [6.07, 6.45) is 3.22. The molecule has 0 spiro atoms. The van der Waals surface area contributed by atoms with Crippen LogP contribution in [0.15, 0.2) is 23.8 Å². The molecule has 3 saturated carbocycles. The van der Waals surface area contributed by atoms with E-state index in [1.54, 1.807) is 20.8 Å². The third-order valence-electron chi connectivity index (χ3n) is 11.0. The normalized spacial score (nSPS) is 36.1. The Morgan fingerprint density at radius 2 is 1.85 bits per heavy atom. The second-order valence-corrected chi connectivity index (χ2v) is 13.6. The summed E-state index contributed by atoms with van der Waals surface area (Å²) in [6.45, 7) is 4.89. The SMILES string of the molecule is CC(=O)NC(CC(=O)OCC(=O)[C@@]1(O)[C@H](C)CC2C3CCC4=CC(=O)C=C[C@]4(C)[C@@]3(F)[C@@H](O)C[C@@]21C)C(=O)OCCCCO[N+](=O)[O-]. The van der Waals surface area contributed by atoms with Crippen molar-refractivity contribution in [2.45, 2.75) is 96.1 Å². The van der Waals surface area contributed by atoms with Gasteiger partial charge in [-0.05, 0) is 69.4 Å². The molecule has 0 aromatic heterocycles. The van der Waals surface area contributed by atoms with E-state index in [1.165, 1.54) is 18.2 Å². The highest BCUT2D eigenvalue weighted by atomic mass is 19.1. The molecule has 3 fully saturated rings. The van der Waals surface area contributed by atoms with E-state index in [4.69, 9.17) is 9.47 Å². The molecule has 14 nitrogen and oxygen atoms in total. The number of allylic oxidation sites excluding steroid dienone is 4. The Hall–Kier alpha value is -3.72. The number of ketones is 2. The number of fused-ring (bicyclic) bond motifs is 5. The van der Waals surface area contributed by atoms with Crippen LogP contribution in [0.4, 0.5) is 4.39 Å². The minimum absolute atomic E-state index is 0.160. The smallest absolute Gasteiger partial charge is 0.329 e. The standard InChI is InChI=1S/C32H43FN2O12/c1-18-13-23-22-8-7-20-14-21(37)9-10-29(20,3)31(22,33)25(38)16-30(23,4)32(18,42)26(39)17-46-27(40)15-24(34-19(2)36)28(41)45-11-5-6-12-47-35(43)44/h9-10,14,18,22-25,38,42H,5-8,11-13,15-17H2,1-4H3,(H,34,36)/t18-,22?,23?,24?,25+,29+,30+,31+,32+/m1/s1. The van der Waals surface area contributed by atoms with Crippen molar-refractivity contribution in [3.8, 4) is 0 Å². The molecule has 0 aliphatic heterocycles. The lowest BCUT2D eigenvalue weighted by Crippen LogP contribution is -2.69. The predicted octanol–water partition coefficient (Wildman–Crippen LogP) is 1.87. The number of carbonyl (C=O) groups is 5. The zero-order chi connectivity index (χ0) is 34.9. The molecule has 0 aromatic carbocycles. The van der Waals surface area contributed by atoms with Crippen LogP contribution in [-0.2, 0) is 38.3 Å². The van der Waals surface area contributed by atoms with E-state index >= 15 is 4.39 Å². The fraction of sp³-hybridized carbons (Fsp3) is 0.719. The highest BCUT2D eigenvalue weighted by Crippen LogP contribution is 2.70. The molecule has 3 N–H and O–H groups in total. The fourth-order valence-electron chi connectivity index (χ4n) is 8.68. The second kappa shape index (κ2) is 13.4. The number of aliphatic hydroxyl groups excluding tert-OH is 1. The van der Waals surface area contributed by atoms with Crippen LogP contribution >= 0.6 is 0 Å². The highest BCUT2D eigenvalue weighted by Gasteiger charge is 2.75. The molecule has 0 bridgehead atoms. The third kappa shape index (κ3) is 6.31. The number of halogens is 1. The Kier molecular flexibility index (Phi) is 10.3. The molecular formula is C32H43FN2O12. The van der Waals surface area contributed by atoms with E-state index in [9.17, 15) is 44.3 Å². The number of nitrogens with zero attached hydrogens (tertiary/aromatic N) is 1. The number of esters is 2. The Morgan fingerprint density at radius 3 is 2.51 bits per heavy atom. The molecule has 0 saturated heterocycles. The maximum absolute atomic E-state index is 17.4. The van der Waals surface area contributed by atoms with E-state index < -0.39 is 93.7 Å². The Morgan fingerprint density at radius 1 is 1.17 bits per heavy atom. The van der Waals surface area contributed by atoms with Gasteiger partial charge in [0.05, 0.1) is 25.7 Å². The van der Waals surface area contributed by atoms with E-state index in [-0.39, 0.29) is 44.7 Å². The molecular weight excluding hydrogens is 623 g/mol. The van der Waals surface area contributed by atoms with Crippen LogP contribution < -0.4 is 5.32 Å². The number of Topliss-reactive ketones (excluding diaryl/α,β-unsaturated/α-hetero) is 1. The molecule has 1 amide bonds. The number of nitrogens with one attached hydrogen (secondary N) is 1. The predicted molar refractivity (Wildman–Crippen MR) is 159 cm³/mol. The fourth-order valence-corrected chi connectivity index (χ4v) is 8.68. The first kappa shape index (κ1) is 36.1. The minimum Gasteiger partial charge on any atom is -0.464 e. The highest BCUT2D eigenvalue weighted by molar-refractivity contribution is 6.01. The van der Waals surface area contributed by atoms with Crippen LogP contribution in [0.25, 0.3) is 0 Å². The summed E-state index contributed by atoms with van der Waals surface area (Å²) >= 11 is 0. The summed E-state index contributed by atoms with van der Waals surface area (Å²) in [4.78, 5) is 77.1. The molecule has 4 rings (SSSR count). The van der Waals surface area contributed by atoms with Crippen LogP contribution in [0.1, 0.15) is 72.6 Å². The average molecular weight is 667 g/mol. The number of carbonyl (C=O) groups excluding carboxylic acids is 5. The maximum Gasteiger partial charge on any atom is 0.329 e. The van der Waals surface area contributed by atoms with Crippen molar-refractivity contribution in [2.75, 3.05) is 19.8 Å². The van der Waals surface area contributed by atoms with Gasteiger partial charge in [0.25, 0.3) is 5.09 Å². The van der Waals surface area contributed by atoms with Gasteiger partial charge in [0, 0.05) is 23.7 Å². The van der Waals surface area contributed by atoms with Gasteiger partial charge in [-0.1, -0.05) is 25.5 Å². The number of hydrogen-bond acceptors (Lipinski definition) is 12. The van der Waals surface area contributed by atoms with Gasteiger partial charge in [0.2, 0.25) is 11.7 Å². The summed E-state index contributed by atoms with van der Waals surface area (Å²) in [5.74, 6) is -5.62. The molecule has 4 aliphatic rings. The number of aliphatic hydroxyl groups is 2. The molecule has 0 heterocycles.